The summed E-state index contributed by atoms with van der Waals surface area (Å²) in [5.74, 6) is 0. The van der Waals surface area contributed by atoms with Crippen LogP contribution in [0, 0.1) is 0 Å². The number of nitrogens with one attached hydrogen (secondary N) is 1. The first kappa shape index (κ1) is 14.7. The molecule has 1 rings (SSSR count). The van der Waals surface area contributed by atoms with Crippen molar-refractivity contribution >= 4 is 8.24 Å². The Labute approximate surface area is 108 Å². The number of unbranched alkanes of at least 4 members (excludes halogenated alkanes) is 1. The van der Waals surface area contributed by atoms with Crippen LogP contribution in [0.4, 0.5) is 0 Å². The standard InChI is InChI=1S/C15H29NSi/c1-7-8-10-13-11-9-12-14(13)17(5,6)16-15(2,3)4/h9,11,16H,7-8,10,12H2,1-6H3. The van der Waals surface area contributed by atoms with E-state index in [1.807, 2.05) is 0 Å². The van der Waals surface area contributed by atoms with Crippen molar-refractivity contribution in [3.05, 3.63) is 22.9 Å². The van der Waals surface area contributed by atoms with Crippen molar-refractivity contribution in [2.24, 2.45) is 0 Å². The van der Waals surface area contributed by atoms with Gasteiger partial charge in [0.1, 0.15) is 8.24 Å². The molecule has 1 N–H and O–H groups in total. The molecule has 1 nitrogen and oxygen atoms in total. The molecule has 0 fully saturated rings. The molecule has 0 saturated carbocycles. The van der Waals surface area contributed by atoms with E-state index < -0.39 is 8.24 Å². The van der Waals surface area contributed by atoms with Crippen molar-refractivity contribution in [3.63, 3.8) is 0 Å². The van der Waals surface area contributed by atoms with Crippen molar-refractivity contribution in [3.8, 4) is 0 Å². The molecule has 0 aromatic carbocycles. The molecule has 17 heavy (non-hydrogen) atoms. The van der Waals surface area contributed by atoms with Crippen molar-refractivity contribution in [2.45, 2.75) is 72.0 Å². The van der Waals surface area contributed by atoms with E-state index in [9.17, 15) is 0 Å². The Balaban J connectivity index is 2.82. The Morgan fingerprint density at radius 3 is 2.47 bits per heavy atom. The van der Waals surface area contributed by atoms with Crippen LogP contribution in [0.25, 0.3) is 0 Å². The van der Waals surface area contributed by atoms with E-state index in [0.29, 0.717) is 0 Å². The van der Waals surface area contributed by atoms with Crippen LogP contribution in [0.2, 0.25) is 13.1 Å². The zero-order chi connectivity index (χ0) is 13.1. The molecule has 0 atom stereocenters. The summed E-state index contributed by atoms with van der Waals surface area (Å²) in [5, 5.41) is 1.72. The summed E-state index contributed by atoms with van der Waals surface area (Å²) in [6, 6.07) is 0. The van der Waals surface area contributed by atoms with Crippen LogP contribution in [-0.4, -0.2) is 13.8 Å². The van der Waals surface area contributed by atoms with Gasteiger partial charge in [-0.3, -0.25) is 0 Å². The molecule has 0 bridgehead atoms. The molecule has 0 heterocycles. The summed E-state index contributed by atoms with van der Waals surface area (Å²) in [5.41, 5.74) is 1.85. The predicted octanol–water partition coefficient (Wildman–Crippen LogP) is 4.57. The fraction of sp³-hybridized carbons (Fsp3) is 0.733. The molecule has 0 unspecified atom stereocenters. The van der Waals surface area contributed by atoms with Gasteiger partial charge in [-0.15, -0.1) is 0 Å². The van der Waals surface area contributed by atoms with Gasteiger partial charge in [0.05, 0.1) is 0 Å². The van der Waals surface area contributed by atoms with E-state index in [4.69, 9.17) is 0 Å². The first-order valence-electron chi connectivity index (χ1n) is 6.94. The van der Waals surface area contributed by atoms with Crippen LogP contribution in [0.1, 0.15) is 53.4 Å². The lowest BCUT2D eigenvalue weighted by Crippen LogP contribution is -2.55. The normalized spacial score (nSPS) is 17.1. The molecule has 98 valence electrons. The average molecular weight is 251 g/mol. The van der Waals surface area contributed by atoms with Crippen LogP contribution in [0.3, 0.4) is 0 Å². The second-order valence-corrected chi connectivity index (χ2v) is 10.8. The summed E-state index contributed by atoms with van der Waals surface area (Å²) in [4.78, 5) is 3.88. The third-order valence-electron chi connectivity index (χ3n) is 3.27. The minimum atomic E-state index is -1.45. The number of allylic oxidation sites excluding steroid dienone is 4. The van der Waals surface area contributed by atoms with Gasteiger partial charge >= 0.3 is 0 Å². The van der Waals surface area contributed by atoms with Crippen molar-refractivity contribution in [2.75, 3.05) is 0 Å². The smallest absolute Gasteiger partial charge is 0.148 e. The number of hydrogen-bond acceptors (Lipinski definition) is 1. The van der Waals surface area contributed by atoms with Crippen LogP contribution < -0.4 is 4.98 Å². The summed E-state index contributed by atoms with van der Waals surface area (Å²) >= 11 is 0. The first-order valence-corrected chi connectivity index (χ1v) is 9.94. The molecule has 0 amide bonds. The SMILES string of the molecule is CCCCC1=C([Si](C)(C)NC(C)(C)C)CC=C1. The fourth-order valence-corrected chi connectivity index (χ4v) is 6.49. The summed E-state index contributed by atoms with van der Waals surface area (Å²) in [6.45, 7) is 14.0. The van der Waals surface area contributed by atoms with E-state index >= 15 is 0 Å². The van der Waals surface area contributed by atoms with Gasteiger partial charge in [0.15, 0.2) is 0 Å². The van der Waals surface area contributed by atoms with Crippen LogP contribution >= 0.6 is 0 Å². The predicted molar refractivity (Wildman–Crippen MR) is 80.7 cm³/mol. The van der Waals surface area contributed by atoms with Crippen molar-refractivity contribution < 1.29 is 0 Å². The highest BCUT2D eigenvalue weighted by Gasteiger charge is 2.32. The first-order chi connectivity index (χ1) is 7.76. The molecule has 0 aromatic heterocycles. The van der Waals surface area contributed by atoms with Gasteiger partial charge in [-0.1, -0.05) is 49.4 Å². The van der Waals surface area contributed by atoms with Crippen LogP contribution in [-0.2, 0) is 0 Å². The van der Waals surface area contributed by atoms with Gasteiger partial charge in [-0.2, -0.15) is 0 Å². The minimum absolute atomic E-state index is 0.223. The second-order valence-electron chi connectivity index (χ2n) is 6.71. The lowest BCUT2D eigenvalue weighted by atomic mass is 10.1. The molecule has 1 aliphatic carbocycles. The molecular formula is C15H29NSi. The van der Waals surface area contributed by atoms with Gasteiger partial charge < -0.3 is 4.98 Å². The van der Waals surface area contributed by atoms with E-state index in [2.05, 4.69) is 57.9 Å². The highest BCUT2D eigenvalue weighted by molar-refractivity contribution is 6.82. The number of rotatable bonds is 5. The maximum Gasteiger partial charge on any atom is 0.148 e. The number of hydrogen-bond donors (Lipinski definition) is 1. The monoisotopic (exact) mass is 251 g/mol. The van der Waals surface area contributed by atoms with Gasteiger partial charge in [-0.25, -0.2) is 0 Å². The molecule has 0 radical (unpaired) electrons. The summed E-state index contributed by atoms with van der Waals surface area (Å²) in [6.07, 6.45) is 9.78. The molecule has 0 spiro atoms. The third kappa shape index (κ3) is 4.44. The zero-order valence-corrected chi connectivity index (χ0v) is 13.5. The highest BCUT2D eigenvalue weighted by atomic mass is 28.3. The Hall–Kier alpha value is -0.343. The van der Waals surface area contributed by atoms with E-state index in [-0.39, 0.29) is 5.54 Å². The minimum Gasteiger partial charge on any atom is -0.329 e. The topological polar surface area (TPSA) is 12.0 Å². The van der Waals surface area contributed by atoms with Gasteiger partial charge in [0, 0.05) is 5.54 Å². The summed E-state index contributed by atoms with van der Waals surface area (Å²) < 4.78 is 0. The zero-order valence-electron chi connectivity index (χ0n) is 12.5. The Morgan fingerprint density at radius 1 is 1.29 bits per heavy atom. The second kappa shape index (κ2) is 5.53. The third-order valence-corrected chi connectivity index (χ3v) is 6.68. The largest absolute Gasteiger partial charge is 0.329 e. The molecule has 1 aliphatic rings. The summed E-state index contributed by atoms with van der Waals surface area (Å²) in [7, 11) is -1.45. The molecule has 0 saturated heterocycles. The van der Waals surface area contributed by atoms with Crippen LogP contribution in [0.5, 0.6) is 0 Å². The lowest BCUT2D eigenvalue weighted by molar-refractivity contribution is 0.513. The van der Waals surface area contributed by atoms with Gasteiger partial charge in [-0.05, 0) is 40.0 Å². The van der Waals surface area contributed by atoms with Crippen molar-refractivity contribution in [1.29, 1.82) is 0 Å². The highest BCUT2D eigenvalue weighted by Crippen LogP contribution is 2.30. The molecule has 0 aliphatic heterocycles. The van der Waals surface area contributed by atoms with E-state index in [1.165, 1.54) is 25.7 Å². The van der Waals surface area contributed by atoms with Crippen LogP contribution in [0.15, 0.2) is 22.9 Å². The van der Waals surface area contributed by atoms with Gasteiger partial charge in [0.25, 0.3) is 0 Å². The fourth-order valence-electron chi connectivity index (χ4n) is 2.82. The maximum atomic E-state index is 3.88. The van der Waals surface area contributed by atoms with E-state index in [0.717, 1.165) is 0 Å². The molecule has 0 aromatic rings. The average Bonchev–Trinajstić information content (AvgIpc) is 2.59. The van der Waals surface area contributed by atoms with E-state index in [1.54, 1.807) is 10.8 Å². The maximum absolute atomic E-state index is 3.88. The Morgan fingerprint density at radius 2 is 1.94 bits per heavy atom. The Kier molecular flexibility index (Phi) is 4.79. The Bertz CT molecular complexity index is 318. The quantitative estimate of drug-likeness (QED) is 0.706. The molecule has 2 heteroatoms. The molecular weight excluding hydrogens is 222 g/mol. The van der Waals surface area contributed by atoms with Gasteiger partial charge in [0.2, 0.25) is 0 Å². The lowest BCUT2D eigenvalue weighted by Gasteiger charge is -2.35. The van der Waals surface area contributed by atoms with Crippen molar-refractivity contribution in [1.82, 2.24) is 4.98 Å².